The number of benzene rings is 1. The fourth-order valence-electron chi connectivity index (χ4n) is 1.13. The van der Waals surface area contributed by atoms with E-state index in [0.717, 1.165) is 0 Å². The lowest BCUT2D eigenvalue weighted by atomic mass is 10.1. The molecule has 1 aromatic rings. The zero-order valence-corrected chi connectivity index (χ0v) is 8.85. The Morgan fingerprint density at radius 2 is 2.00 bits per heavy atom. The molecule has 5 heteroatoms. The summed E-state index contributed by atoms with van der Waals surface area (Å²) in [5.41, 5.74) is 0.409. The minimum Gasteiger partial charge on any atom is -0.465 e. The Hall–Kier alpha value is -2.17. The van der Waals surface area contributed by atoms with Crippen molar-refractivity contribution >= 4 is 18.2 Å². The first kappa shape index (κ1) is 11.9. The molecule has 0 saturated carbocycles. The maximum atomic E-state index is 11.3. The highest BCUT2D eigenvalue weighted by Gasteiger charge is 2.15. The number of methoxy groups -OCH3 is 1. The second-order valence-corrected chi connectivity index (χ2v) is 2.96. The summed E-state index contributed by atoms with van der Waals surface area (Å²) in [4.78, 5) is 32.7. The van der Waals surface area contributed by atoms with Crippen molar-refractivity contribution in [2.45, 2.75) is 6.92 Å². The quantitative estimate of drug-likeness (QED) is 0.436. The predicted molar refractivity (Wildman–Crippen MR) is 54.5 cm³/mol. The molecule has 0 N–H and O–H groups in total. The van der Waals surface area contributed by atoms with E-state index in [9.17, 15) is 14.4 Å². The summed E-state index contributed by atoms with van der Waals surface area (Å²) in [5.74, 6) is -1.19. The van der Waals surface area contributed by atoms with Crippen LogP contribution in [0, 0.1) is 0 Å². The summed E-state index contributed by atoms with van der Waals surface area (Å²) >= 11 is 0. The molecule has 5 nitrogen and oxygen atoms in total. The normalized spacial score (nSPS) is 9.38. The van der Waals surface area contributed by atoms with Crippen LogP contribution in [-0.2, 0) is 9.53 Å². The van der Waals surface area contributed by atoms with Gasteiger partial charge in [0.1, 0.15) is 17.6 Å². The van der Waals surface area contributed by atoms with Crippen LogP contribution in [0.1, 0.15) is 27.6 Å². The van der Waals surface area contributed by atoms with Gasteiger partial charge in [0.05, 0.1) is 7.11 Å². The Morgan fingerprint density at radius 1 is 1.31 bits per heavy atom. The molecule has 0 heterocycles. The molecule has 0 bridgehead atoms. The van der Waals surface area contributed by atoms with Crippen LogP contribution in [0.3, 0.4) is 0 Å². The minimum atomic E-state index is -0.631. The molecule has 0 fully saturated rings. The third kappa shape index (κ3) is 2.66. The van der Waals surface area contributed by atoms with E-state index in [0.29, 0.717) is 11.8 Å². The van der Waals surface area contributed by atoms with Crippen LogP contribution in [0.15, 0.2) is 18.2 Å². The lowest BCUT2D eigenvalue weighted by Crippen LogP contribution is -2.09. The Balaban J connectivity index is 3.20. The number of carbonyl (C=O) groups excluding carboxylic acids is 3. The molecule has 0 spiro atoms. The van der Waals surface area contributed by atoms with Crippen LogP contribution >= 0.6 is 0 Å². The van der Waals surface area contributed by atoms with Gasteiger partial charge in [0.25, 0.3) is 0 Å². The maximum absolute atomic E-state index is 11.3. The number of aldehydes is 1. The van der Waals surface area contributed by atoms with Gasteiger partial charge in [0.15, 0.2) is 0 Å². The van der Waals surface area contributed by atoms with Gasteiger partial charge in [0, 0.05) is 12.5 Å². The average molecular weight is 222 g/mol. The lowest BCUT2D eigenvalue weighted by Gasteiger charge is -2.07. The van der Waals surface area contributed by atoms with Gasteiger partial charge in [-0.1, -0.05) is 6.07 Å². The van der Waals surface area contributed by atoms with Gasteiger partial charge in [-0.3, -0.25) is 9.59 Å². The highest BCUT2D eigenvalue weighted by atomic mass is 16.5. The Labute approximate surface area is 92.0 Å². The largest absolute Gasteiger partial charge is 0.465 e. The van der Waals surface area contributed by atoms with E-state index < -0.39 is 11.9 Å². The van der Waals surface area contributed by atoms with Crippen LogP contribution in [0.2, 0.25) is 0 Å². The molecule has 1 aromatic carbocycles. The smallest absolute Gasteiger partial charge is 0.341 e. The van der Waals surface area contributed by atoms with Crippen LogP contribution in [0.4, 0.5) is 0 Å². The highest BCUT2D eigenvalue weighted by Crippen LogP contribution is 2.21. The fraction of sp³-hybridized carbons (Fsp3) is 0.182. The number of ether oxygens (including phenoxy) is 2. The van der Waals surface area contributed by atoms with Gasteiger partial charge in [0.2, 0.25) is 0 Å². The van der Waals surface area contributed by atoms with E-state index in [2.05, 4.69) is 4.74 Å². The molecule has 0 radical (unpaired) electrons. The number of rotatable bonds is 3. The number of hydrogen-bond acceptors (Lipinski definition) is 5. The lowest BCUT2D eigenvalue weighted by molar-refractivity contribution is -0.131. The molecule has 1 rings (SSSR count). The van der Waals surface area contributed by atoms with Crippen molar-refractivity contribution in [1.29, 1.82) is 0 Å². The fourth-order valence-corrected chi connectivity index (χ4v) is 1.13. The molecule has 0 amide bonds. The topological polar surface area (TPSA) is 69.7 Å². The third-order valence-electron chi connectivity index (χ3n) is 1.80. The average Bonchev–Trinajstić information content (AvgIpc) is 2.27. The molecule has 0 aliphatic carbocycles. The summed E-state index contributed by atoms with van der Waals surface area (Å²) in [6.45, 7) is 1.20. The van der Waals surface area contributed by atoms with Crippen LogP contribution < -0.4 is 4.74 Å². The monoisotopic (exact) mass is 222 g/mol. The van der Waals surface area contributed by atoms with Gasteiger partial charge in [-0.05, 0) is 12.1 Å². The van der Waals surface area contributed by atoms with Crippen LogP contribution in [0.25, 0.3) is 0 Å². The SMILES string of the molecule is COC(=O)c1ccc(C=O)cc1OC(C)=O. The molecule has 0 aromatic heterocycles. The molecule has 0 atom stereocenters. The summed E-state index contributed by atoms with van der Waals surface area (Å²) in [6.07, 6.45) is 0.591. The Morgan fingerprint density at radius 3 is 2.50 bits per heavy atom. The number of carbonyl (C=O) groups is 3. The van der Waals surface area contributed by atoms with E-state index in [-0.39, 0.29) is 11.3 Å². The van der Waals surface area contributed by atoms with Crippen molar-refractivity contribution in [1.82, 2.24) is 0 Å². The van der Waals surface area contributed by atoms with Gasteiger partial charge >= 0.3 is 11.9 Å². The summed E-state index contributed by atoms with van der Waals surface area (Å²) < 4.78 is 9.33. The molecule has 0 aliphatic heterocycles. The predicted octanol–water partition coefficient (Wildman–Crippen LogP) is 1.21. The van der Waals surface area contributed by atoms with Crippen molar-refractivity contribution < 1.29 is 23.9 Å². The third-order valence-corrected chi connectivity index (χ3v) is 1.80. The van der Waals surface area contributed by atoms with Crippen molar-refractivity contribution in [2.24, 2.45) is 0 Å². The summed E-state index contributed by atoms with van der Waals surface area (Å²) in [7, 11) is 1.22. The zero-order chi connectivity index (χ0) is 12.1. The van der Waals surface area contributed by atoms with E-state index >= 15 is 0 Å². The molecule has 0 aliphatic rings. The molecule has 0 saturated heterocycles. The second kappa shape index (κ2) is 5.06. The molecular formula is C11H10O5. The van der Waals surface area contributed by atoms with Crippen molar-refractivity contribution in [3.63, 3.8) is 0 Å². The first-order valence-corrected chi connectivity index (χ1v) is 4.44. The van der Waals surface area contributed by atoms with Crippen LogP contribution in [-0.4, -0.2) is 25.3 Å². The van der Waals surface area contributed by atoms with Crippen molar-refractivity contribution in [3.8, 4) is 5.75 Å². The van der Waals surface area contributed by atoms with Crippen molar-refractivity contribution in [2.75, 3.05) is 7.11 Å². The zero-order valence-electron chi connectivity index (χ0n) is 8.85. The molecule has 0 unspecified atom stereocenters. The summed E-state index contributed by atoms with van der Waals surface area (Å²) in [5, 5.41) is 0. The second-order valence-electron chi connectivity index (χ2n) is 2.96. The first-order chi connectivity index (χ1) is 7.58. The van der Waals surface area contributed by atoms with Gasteiger partial charge in [-0.25, -0.2) is 4.79 Å². The van der Waals surface area contributed by atoms with Gasteiger partial charge < -0.3 is 9.47 Å². The maximum Gasteiger partial charge on any atom is 0.341 e. The van der Waals surface area contributed by atoms with E-state index in [1.807, 2.05) is 0 Å². The minimum absolute atomic E-state index is 0.0175. The summed E-state index contributed by atoms with van der Waals surface area (Å²) in [6, 6.07) is 4.11. The number of esters is 2. The first-order valence-electron chi connectivity index (χ1n) is 4.44. The molecular weight excluding hydrogens is 212 g/mol. The van der Waals surface area contributed by atoms with E-state index in [4.69, 9.17) is 4.74 Å². The molecule has 84 valence electrons. The van der Waals surface area contributed by atoms with E-state index in [1.165, 1.54) is 32.2 Å². The van der Waals surface area contributed by atoms with Gasteiger partial charge in [-0.2, -0.15) is 0 Å². The van der Waals surface area contributed by atoms with Crippen LogP contribution in [0.5, 0.6) is 5.75 Å². The number of hydrogen-bond donors (Lipinski definition) is 0. The van der Waals surface area contributed by atoms with E-state index in [1.54, 1.807) is 0 Å². The Kier molecular flexibility index (Phi) is 3.77. The van der Waals surface area contributed by atoms with Crippen molar-refractivity contribution in [3.05, 3.63) is 29.3 Å². The standard InChI is InChI=1S/C11H10O5/c1-7(13)16-10-5-8(6-12)3-4-9(10)11(14)15-2/h3-6H,1-2H3. The Bertz CT molecular complexity index is 436. The van der Waals surface area contributed by atoms with Gasteiger partial charge in [-0.15, -0.1) is 0 Å². The molecule has 16 heavy (non-hydrogen) atoms. The highest BCUT2D eigenvalue weighted by molar-refractivity contribution is 5.94.